The van der Waals surface area contributed by atoms with E-state index in [1.165, 1.54) is 11.3 Å². The molecule has 0 spiro atoms. The Morgan fingerprint density at radius 2 is 1.95 bits per heavy atom. The van der Waals surface area contributed by atoms with Crippen LogP contribution in [0.2, 0.25) is 0 Å². The Kier molecular flexibility index (Phi) is 3.24. The fourth-order valence-electron chi connectivity index (χ4n) is 2.76. The topological polar surface area (TPSA) is 90.7 Å². The van der Waals surface area contributed by atoms with Crippen LogP contribution in [0.15, 0.2) is 35.2 Å². The second-order valence-electron chi connectivity index (χ2n) is 5.55. The summed E-state index contributed by atoms with van der Waals surface area (Å²) in [7, 11) is 0. The fraction of sp³-hybridized carbons (Fsp3) is 0.333. The van der Waals surface area contributed by atoms with Crippen LogP contribution in [0.5, 0.6) is 0 Å². The molecule has 3 aromatic heterocycles. The highest BCUT2D eigenvalue weighted by atomic mass is 32.1. The molecule has 0 bridgehead atoms. The van der Waals surface area contributed by atoms with Gasteiger partial charge in [0.1, 0.15) is 9.88 Å². The molecular weight excluding hydrogens is 298 g/mol. The van der Waals surface area contributed by atoms with Crippen molar-refractivity contribution in [2.24, 2.45) is 5.73 Å². The minimum atomic E-state index is -0.430. The molecule has 2 N–H and O–H groups in total. The smallest absolute Gasteiger partial charge is 0.269 e. The molecule has 3 heterocycles. The van der Waals surface area contributed by atoms with Crippen molar-refractivity contribution in [1.29, 1.82) is 0 Å². The van der Waals surface area contributed by atoms with Gasteiger partial charge in [0.25, 0.3) is 5.89 Å². The van der Waals surface area contributed by atoms with Crippen molar-refractivity contribution in [3.05, 3.63) is 36.5 Å². The van der Waals surface area contributed by atoms with Gasteiger partial charge in [0.05, 0.1) is 11.7 Å². The van der Waals surface area contributed by atoms with Crippen LogP contribution < -0.4 is 5.73 Å². The van der Waals surface area contributed by atoms with Crippen molar-refractivity contribution in [3.8, 4) is 21.3 Å². The van der Waals surface area contributed by atoms with E-state index in [2.05, 4.69) is 20.1 Å². The van der Waals surface area contributed by atoms with Gasteiger partial charge in [-0.05, 0) is 25.0 Å². The van der Waals surface area contributed by atoms with E-state index in [9.17, 15) is 0 Å². The molecule has 0 amide bonds. The number of nitrogens with zero attached hydrogens (tertiary/aromatic N) is 4. The lowest BCUT2D eigenvalue weighted by Gasteiger charge is -2.17. The maximum atomic E-state index is 6.36. The summed E-state index contributed by atoms with van der Waals surface area (Å²) in [5.74, 6) is 1.10. The molecule has 22 heavy (non-hydrogen) atoms. The van der Waals surface area contributed by atoms with Gasteiger partial charge in [0.15, 0.2) is 5.82 Å². The normalized spacial score (nSPS) is 17.0. The van der Waals surface area contributed by atoms with E-state index in [-0.39, 0.29) is 0 Å². The van der Waals surface area contributed by atoms with Crippen molar-refractivity contribution < 1.29 is 4.52 Å². The highest BCUT2D eigenvalue weighted by Gasteiger charge is 2.36. The van der Waals surface area contributed by atoms with Gasteiger partial charge in [-0.15, -0.1) is 11.3 Å². The van der Waals surface area contributed by atoms with Crippen molar-refractivity contribution in [1.82, 2.24) is 20.1 Å². The van der Waals surface area contributed by atoms with E-state index < -0.39 is 5.54 Å². The van der Waals surface area contributed by atoms with Crippen LogP contribution in [-0.2, 0) is 5.54 Å². The number of rotatable bonds is 3. The molecule has 0 aromatic carbocycles. The SMILES string of the molecule is NC1(c2noc(-c3cnc(-c4ccncc4)s3)n2)CCCC1. The molecule has 1 saturated carbocycles. The minimum absolute atomic E-state index is 0.430. The lowest BCUT2D eigenvalue weighted by Crippen LogP contribution is -2.34. The van der Waals surface area contributed by atoms with E-state index in [1.54, 1.807) is 18.6 Å². The highest BCUT2D eigenvalue weighted by molar-refractivity contribution is 7.18. The van der Waals surface area contributed by atoms with Gasteiger partial charge in [-0.2, -0.15) is 4.98 Å². The molecule has 7 heteroatoms. The highest BCUT2D eigenvalue weighted by Crippen LogP contribution is 2.36. The number of aromatic nitrogens is 4. The van der Waals surface area contributed by atoms with Gasteiger partial charge < -0.3 is 10.3 Å². The third-order valence-electron chi connectivity index (χ3n) is 4.01. The minimum Gasteiger partial charge on any atom is -0.333 e. The molecule has 0 atom stereocenters. The molecule has 0 radical (unpaired) electrons. The summed E-state index contributed by atoms with van der Waals surface area (Å²) in [4.78, 5) is 13.8. The zero-order chi connectivity index (χ0) is 15.0. The fourth-order valence-corrected chi connectivity index (χ4v) is 3.60. The maximum Gasteiger partial charge on any atom is 0.269 e. The van der Waals surface area contributed by atoms with Gasteiger partial charge in [0.2, 0.25) is 0 Å². The monoisotopic (exact) mass is 313 g/mol. The third-order valence-corrected chi connectivity index (χ3v) is 5.05. The zero-order valence-electron chi connectivity index (χ0n) is 11.9. The van der Waals surface area contributed by atoms with Gasteiger partial charge in [-0.25, -0.2) is 4.98 Å². The van der Waals surface area contributed by atoms with Crippen molar-refractivity contribution in [2.75, 3.05) is 0 Å². The van der Waals surface area contributed by atoms with E-state index in [1.807, 2.05) is 12.1 Å². The second kappa shape index (κ2) is 5.26. The Balaban J connectivity index is 1.63. The van der Waals surface area contributed by atoms with Crippen LogP contribution in [0.3, 0.4) is 0 Å². The van der Waals surface area contributed by atoms with Gasteiger partial charge in [0, 0.05) is 18.0 Å². The Morgan fingerprint density at radius 3 is 2.73 bits per heavy atom. The van der Waals surface area contributed by atoms with Gasteiger partial charge >= 0.3 is 0 Å². The van der Waals surface area contributed by atoms with Crippen molar-refractivity contribution >= 4 is 11.3 Å². The average Bonchev–Trinajstić information content (AvgIpc) is 3.28. The summed E-state index contributed by atoms with van der Waals surface area (Å²) in [6.45, 7) is 0. The van der Waals surface area contributed by atoms with Crippen molar-refractivity contribution in [2.45, 2.75) is 31.2 Å². The molecule has 1 fully saturated rings. The van der Waals surface area contributed by atoms with E-state index >= 15 is 0 Å². The number of hydrogen-bond acceptors (Lipinski definition) is 7. The molecule has 0 unspecified atom stereocenters. The Labute approximate surface area is 131 Å². The molecule has 1 aliphatic carbocycles. The van der Waals surface area contributed by atoms with Crippen LogP contribution in [-0.4, -0.2) is 20.1 Å². The zero-order valence-corrected chi connectivity index (χ0v) is 12.7. The molecular formula is C15H15N5OS. The predicted octanol–water partition coefficient (Wildman–Crippen LogP) is 2.98. The first kappa shape index (κ1) is 13.5. The van der Waals surface area contributed by atoms with E-state index in [0.29, 0.717) is 11.7 Å². The molecule has 4 rings (SSSR count). The number of hydrogen-bond donors (Lipinski definition) is 1. The first-order valence-electron chi connectivity index (χ1n) is 7.24. The number of pyridine rings is 1. The molecule has 6 nitrogen and oxygen atoms in total. The summed E-state index contributed by atoms with van der Waals surface area (Å²) < 4.78 is 5.39. The van der Waals surface area contributed by atoms with Gasteiger partial charge in [-0.3, -0.25) is 4.98 Å². The van der Waals surface area contributed by atoms with Crippen LogP contribution >= 0.6 is 11.3 Å². The summed E-state index contributed by atoms with van der Waals surface area (Å²) >= 11 is 1.52. The van der Waals surface area contributed by atoms with Crippen LogP contribution in [0.25, 0.3) is 21.3 Å². The Hall–Kier alpha value is -2.12. The molecule has 1 aliphatic rings. The summed E-state index contributed by atoms with van der Waals surface area (Å²) in [6, 6.07) is 3.85. The second-order valence-corrected chi connectivity index (χ2v) is 6.58. The van der Waals surface area contributed by atoms with Crippen molar-refractivity contribution in [3.63, 3.8) is 0 Å². The quantitative estimate of drug-likeness (QED) is 0.799. The lowest BCUT2D eigenvalue weighted by molar-refractivity contribution is 0.373. The van der Waals surface area contributed by atoms with E-state index in [0.717, 1.165) is 41.1 Å². The average molecular weight is 313 g/mol. The number of thiazole rings is 1. The molecule has 0 saturated heterocycles. The van der Waals surface area contributed by atoms with Crippen LogP contribution in [0, 0.1) is 0 Å². The molecule has 0 aliphatic heterocycles. The summed E-state index contributed by atoms with van der Waals surface area (Å²) in [6.07, 6.45) is 9.32. The molecule has 3 aromatic rings. The Bertz CT molecular complexity index is 776. The predicted molar refractivity (Wildman–Crippen MR) is 83.0 cm³/mol. The Morgan fingerprint density at radius 1 is 1.18 bits per heavy atom. The first-order chi connectivity index (χ1) is 10.7. The standard InChI is InChI=1S/C15H15N5OS/c16-15(5-1-2-6-15)14-19-12(21-20-14)11-9-18-13(22-11)10-3-7-17-8-4-10/h3-4,7-9H,1-2,5-6,16H2. The lowest BCUT2D eigenvalue weighted by atomic mass is 9.99. The largest absolute Gasteiger partial charge is 0.333 e. The third kappa shape index (κ3) is 2.32. The van der Waals surface area contributed by atoms with Crippen LogP contribution in [0.4, 0.5) is 0 Å². The maximum absolute atomic E-state index is 6.36. The van der Waals surface area contributed by atoms with Crippen LogP contribution in [0.1, 0.15) is 31.5 Å². The first-order valence-corrected chi connectivity index (χ1v) is 8.06. The summed E-state index contributed by atoms with van der Waals surface area (Å²) in [5.41, 5.74) is 6.96. The molecule has 112 valence electrons. The van der Waals surface area contributed by atoms with E-state index in [4.69, 9.17) is 10.3 Å². The summed E-state index contributed by atoms with van der Waals surface area (Å²) in [5, 5.41) is 4.99. The number of nitrogens with two attached hydrogens (primary N) is 1. The van der Waals surface area contributed by atoms with Gasteiger partial charge in [-0.1, -0.05) is 18.0 Å².